The van der Waals surface area contributed by atoms with Crippen LogP contribution in [0.5, 0.6) is 0 Å². The number of nitrogens with one attached hydrogen (secondary N) is 1. The molecule has 2 heterocycles. The number of ether oxygens (including phenoxy) is 1. The molecular weight excluding hydrogens is 256 g/mol. The summed E-state index contributed by atoms with van der Waals surface area (Å²) in [6, 6.07) is 1.91. The van der Waals surface area contributed by atoms with E-state index in [0.717, 1.165) is 30.2 Å². The zero-order valence-corrected chi connectivity index (χ0v) is 12.6. The van der Waals surface area contributed by atoms with Gasteiger partial charge in [-0.15, -0.1) is 0 Å². The first-order valence-corrected chi connectivity index (χ1v) is 6.82. The number of rotatable bonds is 7. The van der Waals surface area contributed by atoms with Crippen molar-refractivity contribution in [1.29, 1.82) is 0 Å². The molecule has 0 unspecified atom stereocenters. The van der Waals surface area contributed by atoms with E-state index in [1.807, 2.05) is 17.7 Å². The summed E-state index contributed by atoms with van der Waals surface area (Å²) in [6.45, 7) is 9.08. The topological polar surface area (TPSA) is 65.1 Å². The van der Waals surface area contributed by atoms with E-state index in [-0.39, 0.29) is 0 Å². The van der Waals surface area contributed by atoms with Gasteiger partial charge in [0.1, 0.15) is 12.3 Å². The van der Waals surface area contributed by atoms with Gasteiger partial charge in [0, 0.05) is 31.0 Å². The lowest BCUT2D eigenvalue weighted by molar-refractivity contribution is 0.155. The Morgan fingerprint density at radius 2 is 2.20 bits per heavy atom. The lowest BCUT2D eigenvalue weighted by Crippen LogP contribution is -2.13. The molecule has 0 radical (unpaired) electrons. The van der Waals surface area contributed by atoms with E-state index in [1.54, 1.807) is 7.11 Å². The van der Waals surface area contributed by atoms with Gasteiger partial charge in [0.2, 0.25) is 0 Å². The van der Waals surface area contributed by atoms with Crippen LogP contribution in [0.4, 0.5) is 0 Å². The molecule has 6 heteroatoms. The molecule has 0 bridgehead atoms. The second-order valence-electron chi connectivity index (χ2n) is 4.80. The monoisotopic (exact) mass is 278 g/mol. The second-order valence-corrected chi connectivity index (χ2v) is 4.80. The van der Waals surface area contributed by atoms with Gasteiger partial charge >= 0.3 is 0 Å². The Morgan fingerprint density at radius 1 is 1.40 bits per heavy atom. The molecular formula is C14H22N4O2. The highest BCUT2D eigenvalue weighted by molar-refractivity contribution is 5.25. The van der Waals surface area contributed by atoms with Crippen molar-refractivity contribution in [2.24, 2.45) is 0 Å². The quantitative estimate of drug-likeness (QED) is 0.836. The summed E-state index contributed by atoms with van der Waals surface area (Å²) in [5.41, 5.74) is 4.34. The fourth-order valence-electron chi connectivity index (χ4n) is 2.19. The van der Waals surface area contributed by atoms with Crippen LogP contribution >= 0.6 is 0 Å². The Bertz CT molecular complexity index is 560. The second kappa shape index (κ2) is 6.67. The average Bonchev–Trinajstić information content (AvgIpc) is 2.95. The molecule has 1 N–H and O–H groups in total. The van der Waals surface area contributed by atoms with Crippen LogP contribution < -0.4 is 5.32 Å². The van der Waals surface area contributed by atoms with Gasteiger partial charge in [-0.25, -0.2) is 0 Å². The first kappa shape index (κ1) is 14.7. The van der Waals surface area contributed by atoms with Gasteiger partial charge < -0.3 is 14.6 Å². The standard InChI is InChI=1S/C14H22N4O2/c1-5-15-7-14-10(2)16-18(11(14)3)8-12-6-13(9-19-4)20-17-12/h6,15H,5,7-9H2,1-4H3. The smallest absolute Gasteiger partial charge is 0.162 e. The van der Waals surface area contributed by atoms with Crippen molar-refractivity contribution < 1.29 is 9.26 Å². The van der Waals surface area contributed by atoms with Crippen molar-refractivity contribution in [2.75, 3.05) is 13.7 Å². The molecule has 0 spiro atoms. The third kappa shape index (κ3) is 3.26. The summed E-state index contributed by atoms with van der Waals surface area (Å²) in [7, 11) is 1.64. The van der Waals surface area contributed by atoms with Gasteiger partial charge in [0.05, 0.1) is 12.2 Å². The molecule has 0 atom stereocenters. The maximum Gasteiger partial charge on any atom is 0.162 e. The molecule has 0 aliphatic heterocycles. The van der Waals surface area contributed by atoms with Crippen LogP contribution in [0.25, 0.3) is 0 Å². The predicted octanol–water partition coefficient (Wildman–Crippen LogP) is 1.79. The van der Waals surface area contributed by atoms with Crippen molar-refractivity contribution >= 4 is 0 Å². The fraction of sp³-hybridized carbons (Fsp3) is 0.571. The minimum atomic E-state index is 0.440. The van der Waals surface area contributed by atoms with Crippen LogP contribution in [0.1, 0.15) is 35.3 Å². The molecule has 2 aromatic rings. The van der Waals surface area contributed by atoms with E-state index in [2.05, 4.69) is 29.4 Å². The first-order chi connectivity index (χ1) is 9.65. The van der Waals surface area contributed by atoms with Gasteiger partial charge in [-0.3, -0.25) is 4.68 Å². The number of hydrogen-bond acceptors (Lipinski definition) is 5. The molecule has 0 saturated heterocycles. The number of aryl methyl sites for hydroxylation is 1. The van der Waals surface area contributed by atoms with Crippen LogP contribution in [-0.4, -0.2) is 28.6 Å². The van der Waals surface area contributed by atoms with Gasteiger partial charge in [-0.05, 0) is 20.4 Å². The van der Waals surface area contributed by atoms with Crippen molar-refractivity contribution in [1.82, 2.24) is 20.3 Å². The SMILES string of the molecule is CCNCc1c(C)nn(Cc2cc(COC)on2)c1C. The minimum absolute atomic E-state index is 0.440. The Labute approximate surface area is 119 Å². The van der Waals surface area contributed by atoms with E-state index < -0.39 is 0 Å². The van der Waals surface area contributed by atoms with E-state index in [1.165, 1.54) is 11.3 Å². The molecule has 0 amide bonds. The molecule has 2 rings (SSSR count). The zero-order valence-electron chi connectivity index (χ0n) is 12.6. The van der Waals surface area contributed by atoms with E-state index >= 15 is 0 Å². The molecule has 0 saturated carbocycles. The Hall–Kier alpha value is -1.66. The summed E-state index contributed by atoms with van der Waals surface area (Å²) >= 11 is 0. The summed E-state index contributed by atoms with van der Waals surface area (Å²) in [5, 5.41) is 12.0. The fourth-order valence-corrected chi connectivity index (χ4v) is 2.19. The summed E-state index contributed by atoms with van der Waals surface area (Å²) in [6.07, 6.45) is 0. The molecule has 0 aliphatic rings. The molecule has 0 aromatic carbocycles. The van der Waals surface area contributed by atoms with Gasteiger partial charge in [0.25, 0.3) is 0 Å². The van der Waals surface area contributed by atoms with Crippen molar-refractivity contribution in [2.45, 2.75) is 40.5 Å². The van der Waals surface area contributed by atoms with Crippen LogP contribution in [0.2, 0.25) is 0 Å². The van der Waals surface area contributed by atoms with Crippen LogP contribution in [-0.2, 0) is 24.4 Å². The number of methoxy groups -OCH3 is 1. The highest BCUT2D eigenvalue weighted by Crippen LogP contribution is 2.15. The Morgan fingerprint density at radius 3 is 2.90 bits per heavy atom. The third-order valence-electron chi connectivity index (χ3n) is 3.29. The lowest BCUT2D eigenvalue weighted by Gasteiger charge is -2.04. The molecule has 0 aliphatic carbocycles. The summed E-state index contributed by atoms with van der Waals surface area (Å²) in [5.74, 6) is 0.733. The van der Waals surface area contributed by atoms with E-state index in [9.17, 15) is 0 Å². The lowest BCUT2D eigenvalue weighted by atomic mass is 10.2. The number of hydrogen-bond donors (Lipinski definition) is 1. The normalized spacial score (nSPS) is 11.2. The van der Waals surface area contributed by atoms with Crippen molar-refractivity contribution in [3.63, 3.8) is 0 Å². The number of nitrogens with zero attached hydrogens (tertiary/aromatic N) is 3. The number of aromatic nitrogens is 3. The van der Waals surface area contributed by atoms with E-state index in [0.29, 0.717) is 13.2 Å². The third-order valence-corrected chi connectivity index (χ3v) is 3.29. The first-order valence-electron chi connectivity index (χ1n) is 6.82. The van der Waals surface area contributed by atoms with Crippen molar-refractivity contribution in [3.05, 3.63) is 34.5 Å². The van der Waals surface area contributed by atoms with Crippen molar-refractivity contribution in [3.8, 4) is 0 Å². The van der Waals surface area contributed by atoms with Crippen LogP contribution in [0.3, 0.4) is 0 Å². The maximum atomic E-state index is 5.19. The Kier molecular flexibility index (Phi) is 4.92. The van der Waals surface area contributed by atoms with Crippen LogP contribution in [0.15, 0.2) is 10.6 Å². The van der Waals surface area contributed by atoms with Gasteiger partial charge in [-0.2, -0.15) is 5.10 Å². The highest BCUT2D eigenvalue weighted by Gasteiger charge is 2.13. The van der Waals surface area contributed by atoms with Gasteiger partial charge in [0.15, 0.2) is 5.76 Å². The highest BCUT2D eigenvalue weighted by atomic mass is 16.5. The molecule has 20 heavy (non-hydrogen) atoms. The minimum Gasteiger partial charge on any atom is -0.377 e. The molecule has 6 nitrogen and oxygen atoms in total. The summed E-state index contributed by atoms with van der Waals surface area (Å²) in [4.78, 5) is 0. The maximum absolute atomic E-state index is 5.19. The van der Waals surface area contributed by atoms with Crippen LogP contribution in [0, 0.1) is 13.8 Å². The zero-order chi connectivity index (χ0) is 14.5. The summed E-state index contributed by atoms with van der Waals surface area (Å²) < 4.78 is 12.2. The average molecular weight is 278 g/mol. The molecule has 110 valence electrons. The predicted molar refractivity (Wildman–Crippen MR) is 75.4 cm³/mol. The van der Waals surface area contributed by atoms with Gasteiger partial charge in [-0.1, -0.05) is 12.1 Å². The van der Waals surface area contributed by atoms with E-state index in [4.69, 9.17) is 9.26 Å². The Balaban J connectivity index is 2.12. The molecule has 2 aromatic heterocycles. The largest absolute Gasteiger partial charge is 0.377 e. The molecule has 0 fully saturated rings.